The average molecular weight is 569 g/mol. The zero-order valence-electron chi connectivity index (χ0n) is 23.5. The summed E-state index contributed by atoms with van der Waals surface area (Å²) in [5.74, 6) is 0.570. The third-order valence-electron chi connectivity index (χ3n) is 7.87. The van der Waals surface area contributed by atoms with Crippen LogP contribution in [-0.4, -0.2) is 10.8 Å². The summed E-state index contributed by atoms with van der Waals surface area (Å²) < 4.78 is 0. The Morgan fingerprint density at radius 3 is 2.55 bits per heavy atom. The second kappa shape index (κ2) is 10.8. The van der Waals surface area contributed by atoms with Crippen LogP contribution in [0.2, 0.25) is 5.15 Å². The van der Waals surface area contributed by atoms with Crippen molar-refractivity contribution < 1.29 is 4.79 Å². The first kappa shape index (κ1) is 28.0. The number of thioether (sulfide) groups is 1. The topological polar surface area (TPSA) is 83.0 Å². The molecule has 1 aliphatic carbocycles. The van der Waals surface area contributed by atoms with E-state index in [1.165, 1.54) is 21.6 Å². The highest BCUT2D eigenvalue weighted by atomic mass is 35.5. The maximum Gasteiger partial charge on any atom is 0.162 e. The Morgan fingerprint density at radius 1 is 1.10 bits per heavy atom. The normalized spacial score (nSPS) is 18.6. The number of nitrogens with zero attached hydrogens (tertiary/aromatic N) is 3. The maximum absolute atomic E-state index is 14.0. The number of nitrogens with two attached hydrogens (primary N) is 1. The minimum atomic E-state index is -0.543. The van der Waals surface area contributed by atoms with Crippen molar-refractivity contribution >= 4 is 34.8 Å². The van der Waals surface area contributed by atoms with Gasteiger partial charge in [-0.15, -0.1) is 11.8 Å². The number of pyridine rings is 1. The monoisotopic (exact) mass is 568 g/mol. The number of aryl methyl sites for hydroxylation is 3. The van der Waals surface area contributed by atoms with Crippen LogP contribution in [0, 0.1) is 37.5 Å². The van der Waals surface area contributed by atoms with Crippen molar-refractivity contribution in [3.8, 4) is 6.07 Å². The van der Waals surface area contributed by atoms with E-state index in [0.29, 0.717) is 35.5 Å². The predicted molar refractivity (Wildman–Crippen MR) is 163 cm³/mol. The molecule has 0 spiro atoms. The summed E-state index contributed by atoms with van der Waals surface area (Å²) in [6.07, 6.45) is 2.63. The Balaban J connectivity index is 1.68. The van der Waals surface area contributed by atoms with Gasteiger partial charge in [0.25, 0.3) is 0 Å². The highest BCUT2D eigenvalue weighted by molar-refractivity contribution is 7.98. The summed E-state index contributed by atoms with van der Waals surface area (Å²) >= 11 is 8.34. The fourth-order valence-corrected chi connectivity index (χ4v) is 7.19. The number of nitriles is 1. The van der Waals surface area contributed by atoms with Crippen LogP contribution in [0.15, 0.2) is 82.3 Å². The van der Waals surface area contributed by atoms with Gasteiger partial charge in [-0.2, -0.15) is 5.26 Å². The molecule has 0 radical (unpaired) electrons. The average Bonchev–Trinajstić information content (AvgIpc) is 2.89. The number of carbonyl (C=O) groups excluding carboxylic acids is 1. The molecule has 0 amide bonds. The second-order valence-electron chi connectivity index (χ2n) is 11.5. The number of anilines is 1. The summed E-state index contributed by atoms with van der Waals surface area (Å²) in [5.41, 5.74) is 14.5. The van der Waals surface area contributed by atoms with E-state index in [0.717, 1.165) is 22.6 Å². The number of hydrogen-bond acceptors (Lipinski definition) is 6. The molecule has 2 heterocycles. The van der Waals surface area contributed by atoms with Crippen LogP contribution in [0.4, 0.5) is 5.69 Å². The van der Waals surface area contributed by atoms with Gasteiger partial charge in [0.15, 0.2) is 10.9 Å². The third kappa shape index (κ3) is 5.05. The molecule has 40 heavy (non-hydrogen) atoms. The molecule has 1 unspecified atom stereocenters. The largest absolute Gasteiger partial charge is 0.384 e. The Morgan fingerprint density at radius 2 is 1.85 bits per heavy atom. The predicted octanol–water partition coefficient (Wildman–Crippen LogP) is 7.89. The molecule has 1 atom stereocenters. The van der Waals surface area contributed by atoms with Crippen molar-refractivity contribution in [2.75, 3.05) is 4.90 Å². The minimum absolute atomic E-state index is 0.0392. The van der Waals surface area contributed by atoms with E-state index in [1.807, 2.05) is 19.1 Å². The number of allylic oxidation sites excluding steroid dienone is 3. The van der Waals surface area contributed by atoms with Crippen molar-refractivity contribution in [3.63, 3.8) is 0 Å². The Labute approximate surface area is 245 Å². The van der Waals surface area contributed by atoms with Gasteiger partial charge in [-0.1, -0.05) is 55.8 Å². The van der Waals surface area contributed by atoms with Crippen LogP contribution in [-0.2, 0) is 10.5 Å². The smallest absolute Gasteiger partial charge is 0.162 e. The fraction of sp³-hybridized carbons (Fsp3) is 0.303. The molecule has 0 saturated carbocycles. The summed E-state index contributed by atoms with van der Waals surface area (Å²) in [6.45, 7) is 10.5. The zero-order chi connectivity index (χ0) is 28.8. The molecule has 1 aliphatic heterocycles. The lowest BCUT2D eigenvalue weighted by molar-refractivity contribution is -0.118. The fourth-order valence-electron chi connectivity index (χ4n) is 5.90. The molecule has 5 rings (SSSR count). The molecule has 2 aromatic carbocycles. The first-order valence-corrected chi connectivity index (χ1v) is 14.7. The maximum atomic E-state index is 14.0. The van der Waals surface area contributed by atoms with Crippen LogP contribution in [0.5, 0.6) is 0 Å². The molecule has 2 aliphatic rings. The summed E-state index contributed by atoms with van der Waals surface area (Å²) in [6, 6.07) is 18.7. The van der Waals surface area contributed by atoms with Crippen LogP contribution < -0.4 is 10.6 Å². The van der Waals surface area contributed by atoms with E-state index in [2.05, 4.69) is 69.1 Å². The van der Waals surface area contributed by atoms with Crippen molar-refractivity contribution in [2.45, 2.75) is 64.0 Å². The number of rotatable bonds is 5. The van der Waals surface area contributed by atoms with E-state index in [4.69, 9.17) is 17.3 Å². The van der Waals surface area contributed by atoms with Gasteiger partial charge < -0.3 is 5.73 Å². The van der Waals surface area contributed by atoms with E-state index in [1.54, 1.807) is 28.9 Å². The molecule has 2 N–H and O–H groups in total. The molecular formula is C33H33ClN4OS. The number of hydrogen-bond donors (Lipinski definition) is 1. The van der Waals surface area contributed by atoms with Gasteiger partial charge in [0, 0.05) is 34.5 Å². The lowest BCUT2D eigenvalue weighted by Crippen LogP contribution is -2.42. The Kier molecular flexibility index (Phi) is 7.56. The molecule has 5 nitrogen and oxygen atoms in total. The third-order valence-corrected chi connectivity index (χ3v) is 9.39. The molecule has 0 bridgehead atoms. The van der Waals surface area contributed by atoms with Crippen molar-refractivity contribution in [1.82, 2.24) is 4.98 Å². The summed E-state index contributed by atoms with van der Waals surface area (Å²) in [5, 5.41) is 10.8. The summed E-state index contributed by atoms with van der Waals surface area (Å²) in [4.78, 5) is 21.2. The van der Waals surface area contributed by atoms with Gasteiger partial charge in [0.2, 0.25) is 0 Å². The van der Waals surface area contributed by atoms with Crippen molar-refractivity contribution in [1.29, 1.82) is 5.26 Å². The SMILES string of the molecule is Cc1cc(C)c(C2C(C#N)=C(N)N(c3cccnc3Cl)C3=C2C(=O)CC(C)(C)C3)cc1CSc1ccccc1C. The van der Waals surface area contributed by atoms with E-state index in [-0.39, 0.29) is 16.4 Å². The van der Waals surface area contributed by atoms with Crippen LogP contribution >= 0.6 is 23.4 Å². The molecule has 1 aromatic heterocycles. The number of Topliss-reactive ketones (excluding diaryl/α,β-unsaturated/α-hetero) is 1. The molecule has 0 saturated heterocycles. The van der Waals surface area contributed by atoms with E-state index >= 15 is 0 Å². The number of carbonyl (C=O) groups is 1. The highest BCUT2D eigenvalue weighted by Crippen LogP contribution is 2.51. The molecule has 0 fully saturated rings. The van der Waals surface area contributed by atoms with Gasteiger partial charge >= 0.3 is 0 Å². The van der Waals surface area contributed by atoms with Gasteiger partial charge in [0.05, 0.1) is 23.2 Å². The first-order chi connectivity index (χ1) is 19.0. The minimum Gasteiger partial charge on any atom is -0.384 e. The first-order valence-electron chi connectivity index (χ1n) is 13.4. The zero-order valence-corrected chi connectivity index (χ0v) is 25.1. The number of benzene rings is 2. The Bertz CT molecular complexity index is 1630. The van der Waals surface area contributed by atoms with Crippen LogP contribution in [0.1, 0.15) is 60.4 Å². The lowest BCUT2D eigenvalue weighted by Gasteiger charge is -2.44. The molecule has 7 heteroatoms. The molecule has 204 valence electrons. The van der Waals surface area contributed by atoms with Gasteiger partial charge in [-0.25, -0.2) is 4.98 Å². The van der Waals surface area contributed by atoms with Gasteiger partial charge in [-0.05, 0) is 78.6 Å². The number of ketones is 1. The quantitative estimate of drug-likeness (QED) is 0.249. The number of aromatic nitrogens is 1. The van der Waals surface area contributed by atoms with Gasteiger partial charge in [0.1, 0.15) is 5.82 Å². The lowest BCUT2D eigenvalue weighted by atomic mass is 9.68. The standard InChI is InChI=1S/C33H33ClN4OS/c1-19-9-6-7-11-28(19)40-18-22-14-23(21(3)13-20(22)2)29-24(17-35)32(36)38(25-10-8-12-37-31(25)34)26-15-33(4,5)16-27(39)30(26)29/h6-14,29H,15-16,18,36H2,1-5H3. The van der Waals surface area contributed by atoms with E-state index in [9.17, 15) is 10.1 Å². The van der Waals surface area contributed by atoms with E-state index < -0.39 is 5.92 Å². The van der Waals surface area contributed by atoms with Gasteiger partial charge in [-0.3, -0.25) is 9.69 Å². The van der Waals surface area contributed by atoms with Crippen LogP contribution in [0.3, 0.4) is 0 Å². The second-order valence-corrected chi connectivity index (χ2v) is 12.9. The molecule has 3 aromatic rings. The van der Waals surface area contributed by atoms with Crippen molar-refractivity contribution in [3.05, 3.63) is 110 Å². The van der Waals surface area contributed by atoms with Crippen molar-refractivity contribution in [2.24, 2.45) is 11.1 Å². The highest BCUT2D eigenvalue weighted by Gasteiger charge is 2.45. The molecular weight excluding hydrogens is 536 g/mol. The Hall–Kier alpha value is -3.53. The summed E-state index contributed by atoms with van der Waals surface area (Å²) in [7, 11) is 0. The number of halogens is 1. The van der Waals surface area contributed by atoms with Crippen LogP contribution in [0.25, 0.3) is 0 Å².